The molecular formula is C16H21ClN2O6. The van der Waals surface area contributed by atoms with Crippen LogP contribution in [0, 0.1) is 0 Å². The Morgan fingerprint density at radius 2 is 1.88 bits per heavy atom. The number of ether oxygens (including phenoxy) is 3. The Morgan fingerprint density at radius 1 is 1.16 bits per heavy atom. The van der Waals surface area contributed by atoms with Crippen LogP contribution in [0.25, 0.3) is 0 Å². The van der Waals surface area contributed by atoms with Crippen LogP contribution in [0.5, 0.6) is 11.5 Å². The predicted molar refractivity (Wildman–Crippen MR) is 91.3 cm³/mol. The molecule has 0 heterocycles. The molecule has 0 aliphatic heterocycles. The molecule has 0 fully saturated rings. The van der Waals surface area contributed by atoms with Crippen LogP contribution in [-0.2, 0) is 9.53 Å². The number of amides is 3. The third-order valence-corrected chi connectivity index (χ3v) is 3.09. The predicted octanol–water partition coefficient (Wildman–Crippen LogP) is 2.14. The molecule has 2 N–H and O–H groups in total. The fourth-order valence-electron chi connectivity index (χ4n) is 1.73. The number of halogens is 1. The maximum Gasteiger partial charge on any atom is 0.338 e. The van der Waals surface area contributed by atoms with Gasteiger partial charge in [0.1, 0.15) is 0 Å². The monoisotopic (exact) mass is 372 g/mol. The summed E-state index contributed by atoms with van der Waals surface area (Å²) in [6.45, 7) is 3.92. The van der Waals surface area contributed by atoms with Gasteiger partial charge in [-0.1, -0.05) is 18.5 Å². The van der Waals surface area contributed by atoms with E-state index in [0.29, 0.717) is 24.7 Å². The maximum atomic E-state index is 12.1. The van der Waals surface area contributed by atoms with Gasteiger partial charge < -0.3 is 19.5 Å². The zero-order chi connectivity index (χ0) is 18.8. The van der Waals surface area contributed by atoms with E-state index in [2.05, 4.69) is 5.32 Å². The highest BCUT2D eigenvalue weighted by Gasteiger charge is 2.18. The number of benzene rings is 1. The summed E-state index contributed by atoms with van der Waals surface area (Å²) in [4.78, 5) is 34.5. The average molecular weight is 373 g/mol. The van der Waals surface area contributed by atoms with Gasteiger partial charge in [0.25, 0.3) is 5.91 Å². The first-order valence-corrected chi connectivity index (χ1v) is 8.08. The van der Waals surface area contributed by atoms with Crippen molar-refractivity contribution < 1.29 is 28.6 Å². The van der Waals surface area contributed by atoms with E-state index in [1.54, 1.807) is 6.92 Å². The molecule has 1 aromatic carbocycles. The summed E-state index contributed by atoms with van der Waals surface area (Å²) in [6, 6.07) is 2.10. The molecule has 1 rings (SSSR count). The van der Waals surface area contributed by atoms with Crippen LogP contribution in [0.1, 0.15) is 30.6 Å². The summed E-state index contributed by atoms with van der Waals surface area (Å²) < 4.78 is 15.8. The molecular weight excluding hydrogens is 352 g/mol. The highest BCUT2D eigenvalue weighted by molar-refractivity contribution is 6.32. The number of imide groups is 1. The Hall–Kier alpha value is -2.48. The number of urea groups is 1. The fourth-order valence-corrected chi connectivity index (χ4v) is 2.00. The quantitative estimate of drug-likeness (QED) is 0.678. The van der Waals surface area contributed by atoms with E-state index in [1.807, 2.05) is 12.2 Å². The van der Waals surface area contributed by atoms with E-state index in [0.717, 1.165) is 6.42 Å². The lowest BCUT2D eigenvalue weighted by atomic mass is 10.2. The van der Waals surface area contributed by atoms with Crippen molar-refractivity contribution in [2.45, 2.75) is 20.3 Å². The van der Waals surface area contributed by atoms with Crippen molar-refractivity contribution in [1.29, 1.82) is 0 Å². The van der Waals surface area contributed by atoms with Crippen LogP contribution in [0.3, 0.4) is 0 Å². The molecule has 0 spiro atoms. The van der Waals surface area contributed by atoms with Gasteiger partial charge in [-0.05, 0) is 25.5 Å². The minimum atomic E-state index is -0.781. The van der Waals surface area contributed by atoms with Crippen molar-refractivity contribution in [3.63, 3.8) is 0 Å². The van der Waals surface area contributed by atoms with E-state index < -0.39 is 24.5 Å². The zero-order valence-electron chi connectivity index (χ0n) is 14.3. The molecule has 0 atom stereocenters. The maximum absolute atomic E-state index is 12.1. The number of carbonyl (C=O) groups excluding carboxylic acids is 3. The van der Waals surface area contributed by atoms with Gasteiger partial charge in [-0.15, -0.1) is 0 Å². The van der Waals surface area contributed by atoms with E-state index >= 15 is 0 Å². The summed E-state index contributed by atoms with van der Waals surface area (Å²) in [5, 5.41) is 4.38. The van der Waals surface area contributed by atoms with Gasteiger partial charge in [-0.25, -0.2) is 9.59 Å². The third kappa shape index (κ3) is 6.50. The SMILES string of the molecule is CCCOc1c(Cl)cc(C(=O)OCC(=O)NC(=O)NC)cc1OCC. The number of hydrogen-bond acceptors (Lipinski definition) is 6. The van der Waals surface area contributed by atoms with E-state index in [4.69, 9.17) is 25.8 Å². The van der Waals surface area contributed by atoms with E-state index in [-0.39, 0.29) is 10.6 Å². The largest absolute Gasteiger partial charge is 0.490 e. The second-order valence-electron chi connectivity index (χ2n) is 4.77. The Bertz CT molecular complexity index is 635. The molecule has 0 saturated carbocycles. The average Bonchev–Trinajstić information content (AvgIpc) is 2.58. The summed E-state index contributed by atoms with van der Waals surface area (Å²) in [7, 11) is 1.36. The molecule has 0 unspecified atom stereocenters. The van der Waals surface area contributed by atoms with Crippen molar-refractivity contribution in [3.05, 3.63) is 22.7 Å². The first-order valence-electron chi connectivity index (χ1n) is 7.70. The van der Waals surface area contributed by atoms with Crippen LogP contribution in [0.2, 0.25) is 5.02 Å². The van der Waals surface area contributed by atoms with Crippen LogP contribution in [0.4, 0.5) is 4.79 Å². The molecule has 0 radical (unpaired) electrons. The minimum Gasteiger partial charge on any atom is -0.490 e. The van der Waals surface area contributed by atoms with Gasteiger partial charge in [0.15, 0.2) is 18.1 Å². The van der Waals surface area contributed by atoms with Crippen molar-refractivity contribution in [1.82, 2.24) is 10.6 Å². The molecule has 0 aliphatic rings. The fraction of sp³-hybridized carbons (Fsp3) is 0.438. The molecule has 0 aromatic heterocycles. The summed E-state index contributed by atoms with van der Waals surface area (Å²) >= 11 is 6.16. The minimum absolute atomic E-state index is 0.102. The van der Waals surface area contributed by atoms with Crippen molar-refractivity contribution >= 4 is 29.5 Å². The molecule has 138 valence electrons. The smallest absolute Gasteiger partial charge is 0.338 e. The first-order chi connectivity index (χ1) is 11.9. The van der Waals surface area contributed by atoms with Gasteiger partial charge >= 0.3 is 12.0 Å². The standard InChI is InChI=1S/C16H21ClN2O6/c1-4-6-24-14-11(17)7-10(8-12(14)23-5-2)15(21)25-9-13(20)19-16(22)18-3/h7-8H,4-6,9H2,1-3H3,(H2,18,19,20,22). The highest BCUT2D eigenvalue weighted by Crippen LogP contribution is 2.37. The highest BCUT2D eigenvalue weighted by atomic mass is 35.5. The van der Waals surface area contributed by atoms with Gasteiger partial charge in [0.2, 0.25) is 0 Å². The third-order valence-electron chi connectivity index (χ3n) is 2.81. The van der Waals surface area contributed by atoms with Crippen LogP contribution in [-0.4, -0.2) is 44.8 Å². The first kappa shape index (κ1) is 20.6. The summed E-state index contributed by atoms with van der Waals surface area (Å²) in [5.41, 5.74) is 0.102. The Kier molecular flexibility index (Phi) is 8.55. The molecule has 9 heteroatoms. The zero-order valence-corrected chi connectivity index (χ0v) is 15.1. The number of nitrogens with one attached hydrogen (secondary N) is 2. The second kappa shape index (κ2) is 10.4. The molecule has 0 saturated heterocycles. The molecule has 25 heavy (non-hydrogen) atoms. The number of rotatable bonds is 8. The van der Waals surface area contributed by atoms with E-state index in [1.165, 1.54) is 19.2 Å². The normalized spacial score (nSPS) is 9.92. The van der Waals surface area contributed by atoms with Crippen LogP contribution < -0.4 is 20.1 Å². The lowest BCUT2D eigenvalue weighted by molar-refractivity contribution is -0.123. The van der Waals surface area contributed by atoms with Crippen molar-refractivity contribution in [3.8, 4) is 11.5 Å². The number of esters is 1. The summed E-state index contributed by atoms with van der Waals surface area (Å²) in [6.07, 6.45) is 0.784. The summed E-state index contributed by atoms with van der Waals surface area (Å²) in [5.74, 6) is -0.881. The van der Waals surface area contributed by atoms with Gasteiger partial charge in [-0.2, -0.15) is 0 Å². The molecule has 0 aliphatic carbocycles. The lowest BCUT2D eigenvalue weighted by Crippen LogP contribution is -2.39. The topological polar surface area (TPSA) is 103 Å². The van der Waals surface area contributed by atoms with Crippen LogP contribution in [0.15, 0.2) is 12.1 Å². The second-order valence-corrected chi connectivity index (χ2v) is 5.18. The molecule has 1 aromatic rings. The molecule has 3 amide bonds. The number of hydrogen-bond donors (Lipinski definition) is 2. The van der Waals surface area contributed by atoms with Gasteiger partial charge in [-0.3, -0.25) is 10.1 Å². The van der Waals surface area contributed by atoms with Gasteiger partial charge in [0, 0.05) is 7.05 Å². The molecule has 8 nitrogen and oxygen atoms in total. The van der Waals surface area contributed by atoms with E-state index in [9.17, 15) is 14.4 Å². The van der Waals surface area contributed by atoms with Crippen LogP contribution >= 0.6 is 11.6 Å². The number of carbonyl (C=O) groups is 3. The lowest BCUT2D eigenvalue weighted by Gasteiger charge is -2.14. The van der Waals surface area contributed by atoms with Crippen molar-refractivity contribution in [2.24, 2.45) is 0 Å². The molecule has 0 bridgehead atoms. The van der Waals surface area contributed by atoms with Gasteiger partial charge in [0.05, 0.1) is 23.8 Å². The Balaban J connectivity index is 2.84. The Morgan fingerprint density at radius 3 is 2.48 bits per heavy atom. The van der Waals surface area contributed by atoms with Crippen molar-refractivity contribution in [2.75, 3.05) is 26.9 Å². The Labute approximate surface area is 150 Å².